The van der Waals surface area contributed by atoms with E-state index >= 15 is 0 Å². The van der Waals surface area contributed by atoms with Gasteiger partial charge in [-0.15, -0.1) is 0 Å². The van der Waals surface area contributed by atoms with E-state index in [9.17, 15) is 10.1 Å². The second-order valence-corrected chi connectivity index (χ2v) is 4.47. The molecular formula is C14H22N2O3. The number of nitro groups is 1. The fourth-order valence-electron chi connectivity index (χ4n) is 1.88. The number of nitrogens with one attached hydrogen (secondary N) is 1. The van der Waals surface area contributed by atoms with E-state index in [0.29, 0.717) is 18.3 Å². The van der Waals surface area contributed by atoms with Crippen molar-refractivity contribution in [1.82, 2.24) is 0 Å². The number of hydrogen-bond acceptors (Lipinski definition) is 4. The van der Waals surface area contributed by atoms with Crippen LogP contribution in [0.15, 0.2) is 18.2 Å². The van der Waals surface area contributed by atoms with Gasteiger partial charge in [0, 0.05) is 24.4 Å². The Morgan fingerprint density at radius 1 is 1.26 bits per heavy atom. The van der Waals surface area contributed by atoms with Gasteiger partial charge in [-0.05, 0) is 12.8 Å². The Morgan fingerprint density at radius 2 is 1.95 bits per heavy atom. The molecule has 0 fully saturated rings. The summed E-state index contributed by atoms with van der Waals surface area (Å²) in [6.45, 7) is 7.47. The van der Waals surface area contributed by atoms with Gasteiger partial charge in [-0.3, -0.25) is 10.1 Å². The molecule has 106 valence electrons. The third-order valence-electron chi connectivity index (χ3n) is 3.16. The highest BCUT2D eigenvalue weighted by atomic mass is 16.6. The summed E-state index contributed by atoms with van der Waals surface area (Å²) in [6.07, 6.45) is 2.19. The zero-order valence-electron chi connectivity index (χ0n) is 11.8. The van der Waals surface area contributed by atoms with Crippen LogP contribution in [0.1, 0.15) is 33.6 Å². The fourth-order valence-corrected chi connectivity index (χ4v) is 1.88. The van der Waals surface area contributed by atoms with E-state index in [4.69, 9.17) is 4.74 Å². The lowest BCUT2D eigenvalue weighted by Crippen LogP contribution is -2.12. The van der Waals surface area contributed by atoms with Crippen molar-refractivity contribution in [2.45, 2.75) is 33.6 Å². The van der Waals surface area contributed by atoms with Crippen molar-refractivity contribution in [2.24, 2.45) is 5.92 Å². The number of nitro benzene ring substituents is 1. The van der Waals surface area contributed by atoms with Crippen LogP contribution in [0.25, 0.3) is 0 Å². The van der Waals surface area contributed by atoms with E-state index in [1.807, 2.05) is 6.92 Å². The van der Waals surface area contributed by atoms with Crippen LogP contribution in [0.2, 0.25) is 0 Å². The maximum Gasteiger partial charge on any atom is 0.275 e. The average Bonchev–Trinajstić information content (AvgIpc) is 2.40. The van der Waals surface area contributed by atoms with Gasteiger partial charge in [-0.25, -0.2) is 0 Å². The lowest BCUT2D eigenvalue weighted by Gasteiger charge is -2.15. The number of benzene rings is 1. The van der Waals surface area contributed by atoms with Gasteiger partial charge < -0.3 is 10.1 Å². The zero-order chi connectivity index (χ0) is 14.3. The fraction of sp³-hybridized carbons (Fsp3) is 0.571. The van der Waals surface area contributed by atoms with Gasteiger partial charge in [0.15, 0.2) is 0 Å². The van der Waals surface area contributed by atoms with Crippen LogP contribution in [-0.4, -0.2) is 18.1 Å². The van der Waals surface area contributed by atoms with Gasteiger partial charge in [0.1, 0.15) is 5.75 Å². The topological polar surface area (TPSA) is 64.4 Å². The molecule has 0 saturated heterocycles. The molecule has 0 spiro atoms. The summed E-state index contributed by atoms with van der Waals surface area (Å²) in [6, 6.07) is 4.80. The second-order valence-electron chi connectivity index (χ2n) is 4.47. The number of non-ortho nitro benzene ring substituents is 1. The first-order valence-corrected chi connectivity index (χ1v) is 6.76. The molecule has 5 heteroatoms. The first-order valence-electron chi connectivity index (χ1n) is 6.76. The van der Waals surface area contributed by atoms with Crippen LogP contribution in [0.5, 0.6) is 5.75 Å². The Balaban J connectivity index is 2.83. The van der Waals surface area contributed by atoms with Crippen molar-refractivity contribution in [3.63, 3.8) is 0 Å². The van der Waals surface area contributed by atoms with E-state index in [-0.39, 0.29) is 5.69 Å². The summed E-state index contributed by atoms with van der Waals surface area (Å²) in [5, 5.41) is 14.1. The van der Waals surface area contributed by atoms with E-state index in [1.165, 1.54) is 6.07 Å². The van der Waals surface area contributed by atoms with Crippen LogP contribution < -0.4 is 10.1 Å². The number of rotatable bonds is 8. The number of nitrogens with zero attached hydrogens (tertiary/aromatic N) is 1. The minimum atomic E-state index is -0.398. The summed E-state index contributed by atoms with van der Waals surface area (Å²) in [5.41, 5.74) is 0.794. The van der Waals surface area contributed by atoms with Crippen LogP contribution in [0, 0.1) is 16.0 Å². The highest BCUT2D eigenvalue weighted by Crippen LogP contribution is 2.26. The van der Waals surface area contributed by atoms with Gasteiger partial charge in [-0.2, -0.15) is 0 Å². The summed E-state index contributed by atoms with van der Waals surface area (Å²) < 4.78 is 5.35. The molecule has 0 aliphatic heterocycles. The molecule has 0 aliphatic carbocycles. The summed E-state index contributed by atoms with van der Waals surface area (Å²) in [7, 11) is 0. The largest absolute Gasteiger partial charge is 0.494 e. The van der Waals surface area contributed by atoms with Gasteiger partial charge in [0.2, 0.25) is 0 Å². The highest BCUT2D eigenvalue weighted by molar-refractivity contribution is 5.56. The standard InChI is InChI=1S/C14H22N2O3/c1-4-11(5-2)10-15-12-7-13(16(17)18)9-14(8-12)19-6-3/h7-9,11,15H,4-6,10H2,1-3H3. The van der Waals surface area contributed by atoms with Gasteiger partial charge in [-0.1, -0.05) is 26.7 Å². The van der Waals surface area contributed by atoms with Crippen molar-refractivity contribution in [3.05, 3.63) is 28.3 Å². The Bertz CT molecular complexity index is 417. The minimum absolute atomic E-state index is 0.0537. The highest BCUT2D eigenvalue weighted by Gasteiger charge is 2.11. The van der Waals surface area contributed by atoms with E-state index in [0.717, 1.165) is 25.1 Å². The van der Waals surface area contributed by atoms with Crippen molar-refractivity contribution in [1.29, 1.82) is 0 Å². The third-order valence-corrected chi connectivity index (χ3v) is 3.16. The van der Waals surface area contributed by atoms with E-state index in [1.54, 1.807) is 12.1 Å². The smallest absolute Gasteiger partial charge is 0.275 e. The lowest BCUT2D eigenvalue weighted by molar-refractivity contribution is -0.384. The van der Waals surface area contributed by atoms with Crippen LogP contribution in [-0.2, 0) is 0 Å². The van der Waals surface area contributed by atoms with Gasteiger partial charge in [0.25, 0.3) is 5.69 Å². The molecule has 0 atom stereocenters. The normalized spacial score (nSPS) is 10.5. The second kappa shape index (κ2) is 7.61. The quantitative estimate of drug-likeness (QED) is 0.573. The van der Waals surface area contributed by atoms with Gasteiger partial charge in [0.05, 0.1) is 17.6 Å². The van der Waals surface area contributed by atoms with Crippen molar-refractivity contribution in [2.75, 3.05) is 18.5 Å². The first kappa shape index (κ1) is 15.3. The molecule has 0 aromatic heterocycles. The maximum absolute atomic E-state index is 10.9. The molecule has 5 nitrogen and oxygen atoms in total. The lowest BCUT2D eigenvalue weighted by atomic mass is 10.0. The molecule has 0 aliphatic rings. The SMILES string of the molecule is CCOc1cc(NCC(CC)CC)cc([N+](=O)[O-])c1. The van der Waals surface area contributed by atoms with E-state index in [2.05, 4.69) is 19.2 Å². The monoisotopic (exact) mass is 266 g/mol. The van der Waals surface area contributed by atoms with Gasteiger partial charge >= 0.3 is 0 Å². The minimum Gasteiger partial charge on any atom is -0.494 e. The Kier molecular flexibility index (Phi) is 6.12. The molecule has 0 amide bonds. The van der Waals surface area contributed by atoms with Crippen molar-refractivity contribution < 1.29 is 9.66 Å². The predicted molar refractivity (Wildman–Crippen MR) is 76.8 cm³/mol. The summed E-state index contributed by atoms with van der Waals surface area (Å²) in [5.74, 6) is 1.11. The zero-order valence-corrected chi connectivity index (χ0v) is 11.8. The molecule has 0 heterocycles. The molecule has 1 N–H and O–H groups in total. The van der Waals surface area contributed by atoms with Crippen molar-refractivity contribution >= 4 is 11.4 Å². The number of ether oxygens (including phenoxy) is 1. The van der Waals surface area contributed by atoms with Crippen molar-refractivity contribution in [3.8, 4) is 5.75 Å². The molecule has 0 bridgehead atoms. The molecular weight excluding hydrogens is 244 g/mol. The summed E-state index contributed by atoms with van der Waals surface area (Å²) >= 11 is 0. The Labute approximate surface area is 114 Å². The first-order chi connectivity index (χ1) is 9.10. The third kappa shape index (κ3) is 4.77. The summed E-state index contributed by atoms with van der Waals surface area (Å²) in [4.78, 5) is 10.5. The number of hydrogen-bond donors (Lipinski definition) is 1. The molecule has 19 heavy (non-hydrogen) atoms. The van der Waals surface area contributed by atoms with Crippen LogP contribution >= 0.6 is 0 Å². The van der Waals surface area contributed by atoms with Crippen LogP contribution in [0.3, 0.4) is 0 Å². The molecule has 1 rings (SSSR count). The molecule has 1 aromatic carbocycles. The Morgan fingerprint density at radius 3 is 2.47 bits per heavy atom. The Hall–Kier alpha value is -1.78. The average molecular weight is 266 g/mol. The molecule has 0 saturated carbocycles. The predicted octanol–water partition coefficient (Wildman–Crippen LogP) is 3.84. The molecule has 0 unspecified atom stereocenters. The maximum atomic E-state index is 10.9. The van der Waals surface area contributed by atoms with E-state index < -0.39 is 4.92 Å². The van der Waals surface area contributed by atoms with Crippen LogP contribution in [0.4, 0.5) is 11.4 Å². The molecule has 0 radical (unpaired) electrons. The number of anilines is 1. The molecule has 1 aromatic rings.